The number of allylic oxidation sites excluding steroid dienone is 2. The molecule has 3 atom stereocenters. The Kier molecular flexibility index (Phi) is 3.49. The summed E-state index contributed by atoms with van der Waals surface area (Å²) in [5.74, 6) is 2.78. The van der Waals surface area contributed by atoms with Crippen LogP contribution in [0, 0.1) is 5.92 Å². The minimum atomic E-state index is 0.258. The van der Waals surface area contributed by atoms with Crippen molar-refractivity contribution in [1.82, 2.24) is 0 Å². The van der Waals surface area contributed by atoms with Gasteiger partial charge in [-0.1, -0.05) is 36.4 Å². The van der Waals surface area contributed by atoms with Gasteiger partial charge in [0.05, 0.1) is 25.9 Å². The van der Waals surface area contributed by atoms with E-state index < -0.39 is 0 Å². The molecule has 1 aliphatic carbocycles. The maximum atomic E-state index is 5.58. The van der Waals surface area contributed by atoms with Crippen LogP contribution in [0.2, 0.25) is 0 Å². The summed E-state index contributed by atoms with van der Waals surface area (Å²) in [6.07, 6.45) is 5.74. The first kappa shape index (κ1) is 14.2. The van der Waals surface area contributed by atoms with E-state index in [0.717, 1.165) is 23.6 Å². The zero-order valence-electron chi connectivity index (χ0n) is 13.5. The van der Waals surface area contributed by atoms with Gasteiger partial charge in [-0.15, -0.1) is 0 Å². The molecule has 0 aromatic heterocycles. The zero-order valence-corrected chi connectivity index (χ0v) is 13.5. The molecular formula is C20H21NO2. The van der Waals surface area contributed by atoms with E-state index in [1.54, 1.807) is 14.2 Å². The fraction of sp³-hybridized carbons (Fsp3) is 0.300. The lowest BCUT2D eigenvalue weighted by atomic mass is 9.77. The van der Waals surface area contributed by atoms with Crippen molar-refractivity contribution in [3.8, 4) is 11.5 Å². The van der Waals surface area contributed by atoms with Crippen LogP contribution in [0.1, 0.15) is 29.5 Å². The van der Waals surface area contributed by atoms with Crippen molar-refractivity contribution in [1.29, 1.82) is 0 Å². The molecule has 1 aliphatic heterocycles. The molecule has 2 aromatic carbocycles. The lowest BCUT2D eigenvalue weighted by Crippen LogP contribution is -2.29. The van der Waals surface area contributed by atoms with Gasteiger partial charge in [-0.25, -0.2) is 0 Å². The van der Waals surface area contributed by atoms with Gasteiger partial charge in [-0.05, 0) is 41.7 Å². The van der Waals surface area contributed by atoms with E-state index in [9.17, 15) is 0 Å². The monoisotopic (exact) mass is 307 g/mol. The molecule has 1 N–H and O–H groups in total. The zero-order chi connectivity index (χ0) is 15.8. The average Bonchev–Trinajstić information content (AvgIpc) is 3.10. The van der Waals surface area contributed by atoms with Crippen LogP contribution in [0.15, 0.2) is 54.6 Å². The van der Waals surface area contributed by atoms with Crippen LogP contribution >= 0.6 is 0 Å². The van der Waals surface area contributed by atoms with Crippen molar-refractivity contribution in [3.05, 3.63) is 65.7 Å². The minimum Gasteiger partial charge on any atom is -0.497 e. The van der Waals surface area contributed by atoms with Gasteiger partial charge < -0.3 is 14.8 Å². The molecule has 4 rings (SSSR count). The Labute approximate surface area is 136 Å². The number of rotatable bonds is 3. The van der Waals surface area contributed by atoms with E-state index in [1.807, 2.05) is 12.1 Å². The lowest BCUT2D eigenvalue weighted by molar-refractivity contribution is 0.394. The quantitative estimate of drug-likeness (QED) is 0.845. The van der Waals surface area contributed by atoms with Gasteiger partial charge in [0.25, 0.3) is 0 Å². The lowest BCUT2D eigenvalue weighted by Gasteiger charge is -2.38. The van der Waals surface area contributed by atoms with Crippen molar-refractivity contribution in [3.63, 3.8) is 0 Å². The van der Waals surface area contributed by atoms with Crippen molar-refractivity contribution in [2.75, 3.05) is 19.5 Å². The van der Waals surface area contributed by atoms with Gasteiger partial charge in [-0.3, -0.25) is 0 Å². The molecule has 0 saturated heterocycles. The number of anilines is 1. The summed E-state index contributed by atoms with van der Waals surface area (Å²) in [7, 11) is 3.44. The molecule has 1 heterocycles. The summed E-state index contributed by atoms with van der Waals surface area (Å²) in [6, 6.07) is 14.9. The number of para-hydroxylation sites is 1. The molecule has 3 nitrogen and oxygen atoms in total. The minimum absolute atomic E-state index is 0.258. The summed E-state index contributed by atoms with van der Waals surface area (Å²) in [4.78, 5) is 0. The molecule has 23 heavy (non-hydrogen) atoms. The molecule has 118 valence electrons. The van der Waals surface area contributed by atoms with Crippen LogP contribution in [0.3, 0.4) is 0 Å². The summed E-state index contributed by atoms with van der Waals surface area (Å²) in [6.45, 7) is 0. The second-order valence-electron chi connectivity index (χ2n) is 6.18. The molecule has 0 fully saturated rings. The van der Waals surface area contributed by atoms with Crippen molar-refractivity contribution in [2.45, 2.75) is 18.4 Å². The van der Waals surface area contributed by atoms with Gasteiger partial charge in [-0.2, -0.15) is 0 Å². The second kappa shape index (κ2) is 5.65. The first-order valence-corrected chi connectivity index (χ1v) is 8.06. The van der Waals surface area contributed by atoms with Crippen molar-refractivity contribution < 1.29 is 9.47 Å². The topological polar surface area (TPSA) is 30.5 Å². The number of methoxy groups -OCH3 is 2. The highest BCUT2D eigenvalue weighted by molar-refractivity contribution is 5.67. The van der Waals surface area contributed by atoms with Gasteiger partial charge in [0.15, 0.2) is 0 Å². The Morgan fingerprint density at radius 1 is 1.04 bits per heavy atom. The summed E-state index contributed by atoms with van der Waals surface area (Å²) in [5.41, 5.74) is 3.72. The molecular weight excluding hydrogens is 286 g/mol. The van der Waals surface area contributed by atoms with Crippen LogP contribution in [-0.2, 0) is 0 Å². The number of benzene rings is 2. The SMILES string of the molecule is COc1cccc(C2Nc3c(OC)cccc3C3C=CCC32)c1. The molecule has 2 aliphatic rings. The van der Waals surface area contributed by atoms with Gasteiger partial charge in [0, 0.05) is 5.92 Å². The highest BCUT2D eigenvalue weighted by atomic mass is 16.5. The van der Waals surface area contributed by atoms with Gasteiger partial charge >= 0.3 is 0 Å². The van der Waals surface area contributed by atoms with E-state index in [-0.39, 0.29) is 6.04 Å². The molecule has 0 bridgehead atoms. The Morgan fingerprint density at radius 2 is 1.91 bits per heavy atom. The molecule has 3 heteroatoms. The summed E-state index contributed by atoms with van der Waals surface area (Å²) >= 11 is 0. The van der Waals surface area contributed by atoms with E-state index in [4.69, 9.17) is 9.47 Å². The largest absolute Gasteiger partial charge is 0.497 e. The third-order valence-corrected chi connectivity index (χ3v) is 5.03. The molecule has 0 saturated carbocycles. The fourth-order valence-corrected chi connectivity index (χ4v) is 3.93. The number of fused-ring (bicyclic) bond motifs is 3. The third-order valence-electron chi connectivity index (χ3n) is 5.03. The number of hydrogen-bond acceptors (Lipinski definition) is 3. The highest BCUT2D eigenvalue weighted by Crippen LogP contribution is 2.52. The molecule has 0 spiro atoms. The molecule has 0 radical (unpaired) electrons. The Morgan fingerprint density at radius 3 is 2.74 bits per heavy atom. The first-order valence-electron chi connectivity index (χ1n) is 8.06. The Balaban J connectivity index is 1.80. The molecule has 3 unspecified atom stereocenters. The van der Waals surface area contributed by atoms with Crippen LogP contribution in [0.25, 0.3) is 0 Å². The maximum absolute atomic E-state index is 5.58. The van der Waals surface area contributed by atoms with Crippen LogP contribution in [-0.4, -0.2) is 14.2 Å². The Hall–Kier alpha value is -2.42. The predicted molar refractivity (Wildman–Crippen MR) is 92.3 cm³/mol. The maximum Gasteiger partial charge on any atom is 0.142 e. The average molecular weight is 307 g/mol. The van der Waals surface area contributed by atoms with E-state index in [2.05, 4.69) is 47.8 Å². The number of nitrogens with one attached hydrogen (secondary N) is 1. The third kappa shape index (κ3) is 2.27. The smallest absolute Gasteiger partial charge is 0.142 e. The second-order valence-corrected chi connectivity index (χ2v) is 6.18. The van der Waals surface area contributed by atoms with Gasteiger partial charge in [0.1, 0.15) is 11.5 Å². The summed E-state index contributed by atoms with van der Waals surface area (Å²) in [5, 5.41) is 3.73. The number of hydrogen-bond donors (Lipinski definition) is 1. The van der Waals surface area contributed by atoms with Gasteiger partial charge in [0.2, 0.25) is 0 Å². The van der Waals surface area contributed by atoms with Crippen LogP contribution in [0.5, 0.6) is 11.5 Å². The predicted octanol–water partition coefficient (Wildman–Crippen LogP) is 4.53. The molecule has 2 aromatic rings. The standard InChI is InChI=1S/C20H21NO2/c1-22-14-7-3-6-13(12-14)19-16-9-4-8-15(16)17-10-5-11-18(23-2)20(17)21-19/h3-8,10-12,15-16,19,21H,9H2,1-2H3. The van der Waals surface area contributed by atoms with Crippen LogP contribution in [0.4, 0.5) is 5.69 Å². The normalized spacial score (nSPS) is 24.5. The Bertz CT molecular complexity index is 753. The van der Waals surface area contributed by atoms with E-state index >= 15 is 0 Å². The van der Waals surface area contributed by atoms with Crippen LogP contribution < -0.4 is 14.8 Å². The highest BCUT2D eigenvalue weighted by Gasteiger charge is 2.38. The van der Waals surface area contributed by atoms with Crippen molar-refractivity contribution >= 4 is 5.69 Å². The summed E-state index contributed by atoms with van der Waals surface area (Å²) < 4.78 is 11.0. The molecule has 0 amide bonds. The van der Waals surface area contributed by atoms with Crippen molar-refractivity contribution in [2.24, 2.45) is 5.92 Å². The fourth-order valence-electron chi connectivity index (χ4n) is 3.93. The van der Waals surface area contributed by atoms with E-state index in [1.165, 1.54) is 11.1 Å². The first-order chi connectivity index (χ1) is 11.3. The number of ether oxygens (including phenoxy) is 2. The van der Waals surface area contributed by atoms with E-state index in [0.29, 0.717) is 11.8 Å².